The van der Waals surface area contributed by atoms with Crippen LogP contribution in [0.1, 0.15) is 63.0 Å². The number of benzene rings is 2. The molecule has 1 aliphatic heterocycles. The molecule has 0 aromatic heterocycles. The number of carbonyl (C=O) groups is 1. The molecule has 4 nitrogen and oxygen atoms in total. The Morgan fingerprint density at radius 2 is 1.73 bits per heavy atom. The Labute approximate surface area is 192 Å². The van der Waals surface area contributed by atoms with E-state index in [2.05, 4.69) is 11.8 Å². The van der Waals surface area contributed by atoms with Gasteiger partial charge in [-0.2, -0.15) is 13.2 Å². The average Bonchev–Trinajstić information content (AvgIpc) is 2.79. The number of aliphatic carboxylic acids is 1. The van der Waals surface area contributed by atoms with Crippen LogP contribution in [0.25, 0.3) is 10.8 Å². The van der Waals surface area contributed by atoms with Crippen LogP contribution in [0.4, 0.5) is 13.2 Å². The van der Waals surface area contributed by atoms with E-state index in [-0.39, 0.29) is 23.2 Å². The summed E-state index contributed by atoms with van der Waals surface area (Å²) in [5.41, 5.74) is 0.103. The van der Waals surface area contributed by atoms with Gasteiger partial charge in [0.05, 0.1) is 12.0 Å². The summed E-state index contributed by atoms with van der Waals surface area (Å²) in [5.74, 6) is -0.534. The minimum absolute atomic E-state index is 0.0747. The van der Waals surface area contributed by atoms with Crippen molar-refractivity contribution in [3.05, 3.63) is 41.5 Å². The molecule has 0 amide bonds. The molecule has 4 rings (SSSR count). The van der Waals surface area contributed by atoms with E-state index in [1.807, 2.05) is 6.07 Å². The first kappa shape index (κ1) is 23.9. The van der Waals surface area contributed by atoms with Crippen molar-refractivity contribution in [1.82, 2.24) is 4.90 Å². The van der Waals surface area contributed by atoms with E-state index in [0.29, 0.717) is 43.8 Å². The van der Waals surface area contributed by atoms with Gasteiger partial charge in [-0.1, -0.05) is 31.5 Å². The summed E-state index contributed by atoms with van der Waals surface area (Å²) in [5, 5.41) is 9.88. The van der Waals surface area contributed by atoms with Crippen molar-refractivity contribution in [2.75, 3.05) is 13.1 Å². The predicted molar refractivity (Wildman–Crippen MR) is 121 cm³/mol. The Morgan fingerprint density at radius 1 is 1.06 bits per heavy atom. The number of rotatable bonds is 6. The van der Waals surface area contributed by atoms with Crippen molar-refractivity contribution in [3.63, 3.8) is 0 Å². The fourth-order valence-corrected chi connectivity index (χ4v) is 5.27. The molecule has 1 saturated carbocycles. The molecule has 1 aliphatic carbocycles. The molecule has 7 heteroatoms. The van der Waals surface area contributed by atoms with E-state index >= 15 is 0 Å². The molecular formula is C26H32F3NO3. The number of fused-ring (bicyclic) bond motifs is 1. The molecule has 2 fully saturated rings. The molecule has 1 N–H and O–H groups in total. The van der Waals surface area contributed by atoms with Crippen molar-refractivity contribution in [2.45, 2.75) is 70.7 Å². The number of carboxylic acids is 1. The zero-order chi connectivity index (χ0) is 23.6. The van der Waals surface area contributed by atoms with Crippen LogP contribution in [0.2, 0.25) is 0 Å². The van der Waals surface area contributed by atoms with Gasteiger partial charge in [-0.15, -0.1) is 0 Å². The first-order valence-electron chi connectivity index (χ1n) is 12.0. The third kappa shape index (κ3) is 5.62. The minimum atomic E-state index is -4.52. The number of alkyl halides is 3. The molecule has 0 radical (unpaired) electrons. The maximum Gasteiger partial charge on any atom is 0.420 e. The standard InChI is InChI=1S/C26H32F3NO3/c1-2-17-4-8-21(9-5-17)33-23-10-7-19-6-3-18(15-22(19)24(23)26(27,28)29)16-30-13-11-20(12-14-30)25(31)32/h3,6-7,10,15,17,20-21H,2,4-5,8-9,11-14,16H2,1H3,(H,31,32)/t17-,21+. The van der Waals surface area contributed by atoms with E-state index in [1.165, 1.54) is 6.07 Å². The molecule has 33 heavy (non-hydrogen) atoms. The highest BCUT2D eigenvalue weighted by atomic mass is 19.4. The number of carboxylic acid groups (broad SMARTS) is 1. The Bertz CT molecular complexity index is 975. The monoisotopic (exact) mass is 463 g/mol. The Morgan fingerprint density at radius 3 is 2.33 bits per heavy atom. The van der Waals surface area contributed by atoms with Crippen LogP contribution in [0.15, 0.2) is 30.3 Å². The van der Waals surface area contributed by atoms with Crippen LogP contribution >= 0.6 is 0 Å². The maximum absolute atomic E-state index is 14.2. The van der Waals surface area contributed by atoms with Gasteiger partial charge >= 0.3 is 12.1 Å². The molecule has 2 aliphatic rings. The number of hydrogen-bond donors (Lipinski definition) is 1. The topological polar surface area (TPSA) is 49.8 Å². The van der Waals surface area contributed by atoms with Gasteiger partial charge in [0.25, 0.3) is 0 Å². The predicted octanol–water partition coefficient (Wildman–Crippen LogP) is 6.50. The summed E-state index contributed by atoms with van der Waals surface area (Å²) in [6, 6.07) is 8.40. The molecule has 0 spiro atoms. The lowest BCUT2D eigenvalue weighted by molar-refractivity contribution is -0.143. The molecule has 2 aromatic rings. The largest absolute Gasteiger partial charge is 0.490 e. The van der Waals surface area contributed by atoms with Crippen LogP contribution in [-0.4, -0.2) is 35.2 Å². The second kappa shape index (κ2) is 9.92. The molecule has 0 atom stereocenters. The zero-order valence-electron chi connectivity index (χ0n) is 19.0. The van der Waals surface area contributed by atoms with E-state index < -0.39 is 17.7 Å². The van der Waals surface area contributed by atoms with Crippen molar-refractivity contribution in [1.29, 1.82) is 0 Å². The number of likely N-dealkylation sites (tertiary alicyclic amines) is 1. The lowest BCUT2D eigenvalue weighted by Gasteiger charge is -2.30. The first-order valence-corrected chi connectivity index (χ1v) is 12.0. The summed E-state index contributed by atoms with van der Waals surface area (Å²) in [6.45, 7) is 3.92. The van der Waals surface area contributed by atoms with Gasteiger partial charge in [0.1, 0.15) is 11.3 Å². The molecule has 1 heterocycles. The molecular weight excluding hydrogens is 431 g/mol. The second-order valence-corrected chi connectivity index (χ2v) is 9.55. The van der Waals surface area contributed by atoms with Crippen LogP contribution < -0.4 is 4.74 Å². The van der Waals surface area contributed by atoms with E-state index in [4.69, 9.17) is 4.74 Å². The fraction of sp³-hybridized carbons (Fsp3) is 0.577. The average molecular weight is 464 g/mol. The van der Waals surface area contributed by atoms with Gasteiger partial charge in [-0.3, -0.25) is 9.69 Å². The SMILES string of the molecule is CC[C@H]1CC[C@@H](Oc2ccc3ccc(CN4CCC(C(=O)O)CC4)cc3c2C(F)(F)F)CC1. The molecule has 2 aromatic carbocycles. The molecule has 180 valence electrons. The summed E-state index contributed by atoms with van der Waals surface area (Å²) in [7, 11) is 0. The number of nitrogens with zero attached hydrogens (tertiary/aromatic N) is 1. The van der Waals surface area contributed by atoms with Crippen LogP contribution in [0.5, 0.6) is 5.75 Å². The van der Waals surface area contributed by atoms with Crippen molar-refractivity contribution >= 4 is 16.7 Å². The molecule has 1 saturated heterocycles. The van der Waals surface area contributed by atoms with Crippen LogP contribution in [-0.2, 0) is 17.5 Å². The molecule has 0 bridgehead atoms. The van der Waals surface area contributed by atoms with E-state index in [1.54, 1.807) is 18.2 Å². The van der Waals surface area contributed by atoms with E-state index in [0.717, 1.165) is 37.7 Å². The third-order valence-corrected chi connectivity index (χ3v) is 7.34. The highest BCUT2D eigenvalue weighted by molar-refractivity contribution is 5.89. The number of piperidine rings is 1. The Balaban J connectivity index is 1.57. The van der Waals surface area contributed by atoms with Crippen molar-refractivity contribution < 1.29 is 27.8 Å². The highest BCUT2D eigenvalue weighted by Gasteiger charge is 2.37. The van der Waals surface area contributed by atoms with Gasteiger partial charge in [-0.05, 0) is 86.0 Å². The van der Waals surface area contributed by atoms with Gasteiger partial charge in [0, 0.05) is 6.54 Å². The number of ether oxygens (including phenoxy) is 1. The smallest absolute Gasteiger partial charge is 0.420 e. The summed E-state index contributed by atoms with van der Waals surface area (Å²) < 4.78 is 48.6. The Hall–Kier alpha value is -2.28. The number of halogens is 3. The normalized spacial score (nSPS) is 23.0. The lowest BCUT2D eigenvalue weighted by Crippen LogP contribution is -2.35. The van der Waals surface area contributed by atoms with E-state index in [9.17, 15) is 23.1 Å². The summed E-state index contributed by atoms with van der Waals surface area (Å²) in [6.07, 6.45) is 1.12. The zero-order valence-corrected chi connectivity index (χ0v) is 19.0. The Kier molecular flexibility index (Phi) is 7.17. The maximum atomic E-state index is 14.2. The fourth-order valence-electron chi connectivity index (χ4n) is 5.27. The van der Waals surface area contributed by atoms with Crippen LogP contribution in [0.3, 0.4) is 0 Å². The number of hydrogen-bond acceptors (Lipinski definition) is 3. The minimum Gasteiger partial charge on any atom is -0.490 e. The van der Waals surface area contributed by atoms with Crippen molar-refractivity contribution in [2.24, 2.45) is 11.8 Å². The third-order valence-electron chi connectivity index (χ3n) is 7.34. The quantitative estimate of drug-likeness (QED) is 0.531. The van der Waals surface area contributed by atoms with Crippen LogP contribution in [0, 0.1) is 11.8 Å². The van der Waals surface area contributed by atoms with Gasteiger partial charge in [0.15, 0.2) is 0 Å². The second-order valence-electron chi connectivity index (χ2n) is 9.55. The van der Waals surface area contributed by atoms with Gasteiger partial charge < -0.3 is 9.84 Å². The summed E-state index contributed by atoms with van der Waals surface area (Å²) in [4.78, 5) is 13.3. The van der Waals surface area contributed by atoms with Gasteiger partial charge in [0.2, 0.25) is 0 Å². The van der Waals surface area contributed by atoms with Gasteiger partial charge in [-0.25, -0.2) is 0 Å². The first-order chi connectivity index (χ1) is 15.7. The van der Waals surface area contributed by atoms with Crippen molar-refractivity contribution in [3.8, 4) is 5.75 Å². The summed E-state index contributed by atoms with van der Waals surface area (Å²) >= 11 is 0. The highest BCUT2D eigenvalue weighted by Crippen LogP contribution is 2.43. The lowest BCUT2D eigenvalue weighted by atomic mass is 9.86. The molecule has 0 unspecified atom stereocenters.